The van der Waals surface area contributed by atoms with E-state index in [1.807, 2.05) is 17.5 Å². The molecule has 5 heteroatoms. The van der Waals surface area contributed by atoms with E-state index in [-0.39, 0.29) is 0 Å². The van der Waals surface area contributed by atoms with Crippen molar-refractivity contribution < 1.29 is 5.11 Å². The van der Waals surface area contributed by atoms with Crippen LogP contribution in [0.2, 0.25) is 0 Å². The number of phenolic OH excluding ortho intramolecular Hbond substituents is 1. The molecule has 2 N–H and O–H groups in total. The number of hydrogen-bond acceptors (Lipinski definition) is 4. The van der Waals surface area contributed by atoms with Crippen LogP contribution in [0.1, 0.15) is 5.56 Å². The number of hydrogen-bond donors (Lipinski definition) is 2. The maximum Gasteiger partial charge on any atom is 0.184 e. The SMILES string of the molecule is Oc1ccccc1CNc1nc(Br)cs1. The highest BCUT2D eigenvalue weighted by Gasteiger charge is 2.01. The van der Waals surface area contributed by atoms with E-state index in [9.17, 15) is 5.11 Å². The molecule has 0 radical (unpaired) electrons. The molecule has 0 spiro atoms. The van der Waals surface area contributed by atoms with Crippen LogP contribution in [0.25, 0.3) is 0 Å². The smallest absolute Gasteiger partial charge is 0.184 e. The van der Waals surface area contributed by atoms with Gasteiger partial charge in [0.2, 0.25) is 0 Å². The zero-order valence-electron chi connectivity index (χ0n) is 7.77. The Kier molecular flexibility index (Phi) is 3.23. The standard InChI is InChI=1S/C10H9BrN2OS/c11-9-6-15-10(13-9)12-5-7-3-1-2-4-8(7)14/h1-4,6,14H,5H2,(H,12,13). The van der Waals surface area contributed by atoms with E-state index >= 15 is 0 Å². The quantitative estimate of drug-likeness (QED) is 0.910. The van der Waals surface area contributed by atoms with Crippen molar-refractivity contribution in [2.45, 2.75) is 6.54 Å². The van der Waals surface area contributed by atoms with Gasteiger partial charge in [-0.2, -0.15) is 0 Å². The predicted molar refractivity (Wildman–Crippen MR) is 65.2 cm³/mol. The number of anilines is 1. The van der Waals surface area contributed by atoms with Gasteiger partial charge in [0.05, 0.1) is 0 Å². The number of aromatic hydroxyl groups is 1. The highest BCUT2D eigenvalue weighted by molar-refractivity contribution is 9.10. The van der Waals surface area contributed by atoms with Gasteiger partial charge in [0.1, 0.15) is 10.4 Å². The van der Waals surface area contributed by atoms with Gasteiger partial charge >= 0.3 is 0 Å². The third-order valence-electron chi connectivity index (χ3n) is 1.90. The van der Waals surface area contributed by atoms with Crippen molar-refractivity contribution in [1.29, 1.82) is 0 Å². The average molecular weight is 285 g/mol. The Balaban J connectivity index is 2.02. The van der Waals surface area contributed by atoms with Crippen LogP contribution < -0.4 is 5.32 Å². The van der Waals surface area contributed by atoms with Gasteiger partial charge < -0.3 is 10.4 Å². The van der Waals surface area contributed by atoms with Crippen molar-refractivity contribution in [1.82, 2.24) is 4.98 Å². The highest BCUT2D eigenvalue weighted by Crippen LogP contribution is 2.22. The van der Waals surface area contributed by atoms with Crippen molar-refractivity contribution in [2.75, 3.05) is 5.32 Å². The molecule has 0 saturated carbocycles. The molecule has 0 unspecified atom stereocenters. The minimum Gasteiger partial charge on any atom is -0.508 e. The van der Waals surface area contributed by atoms with Crippen LogP contribution in [0.15, 0.2) is 34.2 Å². The largest absolute Gasteiger partial charge is 0.508 e. The van der Waals surface area contributed by atoms with E-state index in [2.05, 4.69) is 26.2 Å². The number of nitrogens with one attached hydrogen (secondary N) is 1. The second-order valence-corrected chi connectivity index (χ2v) is 4.63. The summed E-state index contributed by atoms with van der Waals surface area (Å²) in [5.41, 5.74) is 0.865. The van der Waals surface area contributed by atoms with Gasteiger partial charge in [-0.25, -0.2) is 4.98 Å². The molecule has 1 aromatic carbocycles. The summed E-state index contributed by atoms with van der Waals surface area (Å²) in [5, 5.41) is 15.4. The number of nitrogens with zero attached hydrogens (tertiary/aromatic N) is 1. The van der Waals surface area contributed by atoms with E-state index in [0.717, 1.165) is 15.3 Å². The minimum atomic E-state index is 0.306. The van der Waals surface area contributed by atoms with Crippen LogP contribution >= 0.6 is 27.3 Å². The molecule has 0 aliphatic rings. The summed E-state index contributed by atoms with van der Waals surface area (Å²) < 4.78 is 0.826. The fourth-order valence-electron chi connectivity index (χ4n) is 1.17. The molecule has 1 heterocycles. The molecule has 78 valence electrons. The first-order valence-electron chi connectivity index (χ1n) is 4.37. The Morgan fingerprint density at radius 1 is 1.40 bits per heavy atom. The summed E-state index contributed by atoms with van der Waals surface area (Å²) in [6.45, 7) is 0.576. The first-order valence-corrected chi connectivity index (χ1v) is 6.05. The number of phenols is 1. The summed E-state index contributed by atoms with van der Waals surface area (Å²) in [4.78, 5) is 4.20. The molecule has 2 aromatic rings. The Hall–Kier alpha value is -1.07. The molecule has 3 nitrogen and oxygen atoms in total. The van der Waals surface area contributed by atoms with Gasteiger partial charge in [-0.05, 0) is 22.0 Å². The van der Waals surface area contributed by atoms with Crippen LogP contribution in [-0.4, -0.2) is 10.1 Å². The van der Waals surface area contributed by atoms with Gasteiger partial charge in [-0.15, -0.1) is 11.3 Å². The molecule has 0 aliphatic heterocycles. The van der Waals surface area contributed by atoms with Gasteiger partial charge in [-0.3, -0.25) is 0 Å². The summed E-state index contributed by atoms with van der Waals surface area (Å²) in [6, 6.07) is 7.26. The number of thiazole rings is 1. The first-order chi connectivity index (χ1) is 7.25. The van der Waals surface area contributed by atoms with E-state index < -0.39 is 0 Å². The van der Waals surface area contributed by atoms with E-state index in [4.69, 9.17) is 0 Å². The van der Waals surface area contributed by atoms with Gasteiger partial charge in [0.15, 0.2) is 5.13 Å². The third kappa shape index (κ3) is 2.70. The highest BCUT2D eigenvalue weighted by atomic mass is 79.9. The minimum absolute atomic E-state index is 0.306. The van der Waals surface area contributed by atoms with Crippen LogP contribution in [0.5, 0.6) is 5.75 Å². The Morgan fingerprint density at radius 3 is 2.87 bits per heavy atom. The Bertz CT molecular complexity index is 458. The number of para-hydroxylation sites is 1. The van der Waals surface area contributed by atoms with Crippen LogP contribution in [0, 0.1) is 0 Å². The average Bonchev–Trinajstić information content (AvgIpc) is 2.63. The van der Waals surface area contributed by atoms with Crippen LogP contribution in [0.4, 0.5) is 5.13 Å². The maximum absolute atomic E-state index is 9.53. The molecular formula is C10H9BrN2OS. The summed E-state index contributed by atoms with van der Waals surface area (Å²) in [5.74, 6) is 0.306. The van der Waals surface area contributed by atoms with E-state index in [1.165, 1.54) is 11.3 Å². The molecule has 0 fully saturated rings. The first kappa shape index (κ1) is 10.4. The lowest BCUT2D eigenvalue weighted by Crippen LogP contribution is -1.98. The fraction of sp³-hybridized carbons (Fsp3) is 0.100. The van der Waals surface area contributed by atoms with Gasteiger partial charge in [-0.1, -0.05) is 18.2 Å². The zero-order chi connectivity index (χ0) is 10.7. The van der Waals surface area contributed by atoms with E-state index in [1.54, 1.807) is 12.1 Å². The normalized spacial score (nSPS) is 10.2. The lowest BCUT2D eigenvalue weighted by molar-refractivity contribution is 0.469. The molecular weight excluding hydrogens is 276 g/mol. The lowest BCUT2D eigenvalue weighted by atomic mass is 10.2. The topological polar surface area (TPSA) is 45.1 Å². The van der Waals surface area contributed by atoms with Crippen LogP contribution in [-0.2, 0) is 6.54 Å². The zero-order valence-corrected chi connectivity index (χ0v) is 10.2. The number of benzene rings is 1. The molecule has 0 amide bonds. The monoisotopic (exact) mass is 284 g/mol. The van der Waals surface area contributed by atoms with Crippen LogP contribution in [0.3, 0.4) is 0 Å². The van der Waals surface area contributed by atoms with Crippen molar-refractivity contribution in [2.24, 2.45) is 0 Å². The molecule has 0 atom stereocenters. The second kappa shape index (κ2) is 4.63. The Labute approximate surface area is 99.9 Å². The summed E-state index contributed by atoms with van der Waals surface area (Å²) >= 11 is 4.81. The maximum atomic E-state index is 9.53. The fourth-order valence-corrected chi connectivity index (χ4v) is 2.31. The molecule has 1 aromatic heterocycles. The molecule has 0 bridgehead atoms. The molecule has 0 aliphatic carbocycles. The van der Waals surface area contributed by atoms with E-state index in [0.29, 0.717) is 12.3 Å². The predicted octanol–water partition coefficient (Wildman–Crippen LogP) is 3.22. The molecule has 15 heavy (non-hydrogen) atoms. The summed E-state index contributed by atoms with van der Waals surface area (Å²) in [7, 11) is 0. The van der Waals surface area contributed by atoms with Crippen molar-refractivity contribution in [3.63, 3.8) is 0 Å². The Morgan fingerprint density at radius 2 is 2.20 bits per heavy atom. The summed E-state index contributed by atoms with van der Waals surface area (Å²) in [6.07, 6.45) is 0. The van der Waals surface area contributed by atoms with Crippen molar-refractivity contribution >= 4 is 32.4 Å². The van der Waals surface area contributed by atoms with Gasteiger partial charge in [0, 0.05) is 17.5 Å². The molecule has 0 saturated heterocycles. The third-order valence-corrected chi connectivity index (χ3v) is 3.41. The lowest BCUT2D eigenvalue weighted by Gasteiger charge is -2.04. The number of rotatable bonds is 3. The van der Waals surface area contributed by atoms with Crippen molar-refractivity contribution in [3.05, 3.63) is 39.8 Å². The number of halogens is 1. The molecule has 2 rings (SSSR count). The second-order valence-electron chi connectivity index (χ2n) is 2.96. The number of aromatic nitrogens is 1. The van der Waals surface area contributed by atoms with Crippen molar-refractivity contribution in [3.8, 4) is 5.75 Å². The van der Waals surface area contributed by atoms with Gasteiger partial charge in [0.25, 0.3) is 0 Å².